The smallest absolute Gasteiger partial charge is 0.238 e. The van der Waals surface area contributed by atoms with Crippen molar-refractivity contribution in [3.63, 3.8) is 0 Å². The minimum Gasteiger partial charge on any atom is -0.392 e. The van der Waals surface area contributed by atoms with E-state index in [9.17, 15) is 4.79 Å². The van der Waals surface area contributed by atoms with Crippen molar-refractivity contribution in [2.45, 2.75) is 18.6 Å². The molecule has 0 unspecified atom stereocenters. The summed E-state index contributed by atoms with van der Waals surface area (Å²) in [4.78, 5) is 10.4. The molecule has 1 aliphatic rings. The van der Waals surface area contributed by atoms with Gasteiger partial charge < -0.3 is 10.4 Å². The van der Waals surface area contributed by atoms with Crippen LogP contribution in [0.4, 0.5) is 0 Å². The Labute approximate surface area is 58.0 Å². The maximum atomic E-state index is 10.4. The molecular formula is C5H8ClNO2. The van der Waals surface area contributed by atoms with E-state index in [0.717, 1.165) is 0 Å². The molecule has 52 valence electrons. The van der Waals surface area contributed by atoms with Gasteiger partial charge in [0.05, 0.1) is 12.1 Å². The molecule has 1 fully saturated rings. The number of hydrogen-bond acceptors (Lipinski definition) is 3. The van der Waals surface area contributed by atoms with E-state index >= 15 is 0 Å². The molecule has 0 bridgehead atoms. The molecule has 0 aliphatic carbocycles. The number of carbonyl (C=O) groups is 1. The molecule has 0 radical (unpaired) electrons. The minimum absolute atomic E-state index is 0.332. The summed E-state index contributed by atoms with van der Waals surface area (Å²) in [6, 6.07) is -0.332. The van der Waals surface area contributed by atoms with Gasteiger partial charge in [0.15, 0.2) is 0 Å². The molecule has 3 nitrogen and oxygen atoms in total. The monoisotopic (exact) mass is 149 g/mol. The highest BCUT2D eigenvalue weighted by Gasteiger charge is 2.26. The largest absolute Gasteiger partial charge is 0.392 e. The van der Waals surface area contributed by atoms with Crippen LogP contribution in [0.15, 0.2) is 0 Å². The van der Waals surface area contributed by atoms with Crippen molar-refractivity contribution >= 4 is 16.8 Å². The summed E-state index contributed by atoms with van der Waals surface area (Å²) in [7, 11) is 0. The van der Waals surface area contributed by atoms with E-state index < -0.39 is 11.3 Å². The van der Waals surface area contributed by atoms with Crippen LogP contribution >= 0.6 is 11.6 Å². The van der Waals surface area contributed by atoms with Gasteiger partial charge >= 0.3 is 0 Å². The van der Waals surface area contributed by atoms with Gasteiger partial charge in [0.25, 0.3) is 0 Å². The number of carbonyl (C=O) groups excluding carboxylic acids is 1. The number of rotatable bonds is 1. The fourth-order valence-corrected chi connectivity index (χ4v) is 1.06. The molecule has 0 spiro atoms. The first kappa shape index (κ1) is 6.99. The van der Waals surface area contributed by atoms with E-state index in [2.05, 4.69) is 5.32 Å². The lowest BCUT2D eigenvalue weighted by atomic mass is 10.2. The van der Waals surface area contributed by atoms with Gasteiger partial charge in [-0.1, -0.05) is 0 Å². The van der Waals surface area contributed by atoms with Crippen LogP contribution in [0.1, 0.15) is 6.42 Å². The van der Waals surface area contributed by atoms with E-state index in [0.29, 0.717) is 13.0 Å². The lowest BCUT2D eigenvalue weighted by Gasteiger charge is -1.99. The van der Waals surface area contributed by atoms with Gasteiger partial charge in [-0.05, 0) is 18.0 Å². The summed E-state index contributed by atoms with van der Waals surface area (Å²) in [5.41, 5.74) is 0. The van der Waals surface area contributed by atoms with Crippen molar-refractivity contribution < 1.29 is 9.90 Å². The van der Waals surface area contributed by atoms with Crippen molar-refractivity contribution in [1.82, 2.24) is 5.32 Å². The molecule has 0 amide bonds. The van der Waals surface area contributed by atoms with Gasteiger partial charge in [-0.15, -0.1) is 0 Å². The molecule has 0 aromatic carbocycles. The molecule has 1 heterocycles. The van der Waals surface area contributed by atoms with E-state index in [1.165, 1.54) is 0 Å². The van der Waals surface area contributed by atoms with Crippen LogP contribution in [0.2, 0.25) is 0 Å². The Balaban J connectivity index is 2.39. The molecule has 0 aromatic rings. The third-order valence-electron chi connectivity index (χ3n) is 1.38. The Kier molecular flexibility index (Phi) is 2.05. The fourth-order valence-electron chi connectivity index (χ4n) is 0.890. The summed E-state index contributed by atoms with van der Waals surface area (Å²) in [6.45, 7) is 0.475. The highest BCUT2D eigenvalue weighted by atomic mass is 35.5. The van der Waals surface area contributed by atoms with Gasteiger partial charge in [0.1, 0.15) is 0 Å². The van der Waals surface area contributed by atoms with Crippen molar-refractivity contribution in [3.05, 3.63) is 0 Å². The first-order valence-corrected chi connectivity index (χ1v) is 3.18. The van der Waals surface area contributed by atoms with E-state index in [1.54, 1.807) is 0 Å². The molecule has 0 saturated carbocycles. The third kappa shape index (κ3) is 1.64. The molecule has 1 rings (SSSR count). The van der Waals surface area contributed by atoms with E-state index in [1.807, 2.05) is 0 Å². The molecule has 2 N–H and O–H groups in total. The Morgan fingerprint density at radius 1 is 1.78 bits per heavy atom. The molecule has 4 heteroatoms. The second-order valence-corrected chi connectivity index (χ2v) is 2.53. The summed E-state index contributed by atoms with van der Waals surface area (Å²) in [5.74, 6) is 0. The third-order valence-corrected chi connectivity index (χ3v) is 1.65. The molecule has 1 aliphatic heterocycles. The summed E-state index contributed by atoms with van der Waals surface area (Å²) in [5, 5.41) is 11.2. The minimum atomic E-state index is -0.411. The van der Waals surface area contributed by atoms with E-state index in [-0.39, 0.29) is 6.04 Å². The second-order valence-electron chi connectivity index (χ2n) is 2.15. The van der Waals surface area contributed by atoms with Gasteiger partial charge in [0, 0.05) is 6.54 Å². The van der Waals surface area contributed by atoms with Crippen molar-refractivity contribution in [1.29, 1.82) is 0 Å². The molecule has 0 aromatic heterocycles. The number of aliphatic hydroxyl groups excluding tert-OH is 1. The Bertz CT molecular complexity index is 128. The van der Waals surface area contributed by atoms with Gasteiger partial charge in [-0.2, -0.15) is 0 Å². The maximum absolute atomic E-state index is 10.4. The van der Waals surface area contributed by atoms with Crippen LogP contribution < -0.4 is 5.32 Å². The van der Waals surface area contributed by atoms with Crippen LogP contribution in [0.25, 0.3) is 0 Å². The lowest BCUT2D eigenvalue weighted by molar-refractivity contribution is -0.113. The number of aliphatic hydroxyl groups is 1. The average Bonchev–Trinajstić information content (AvgIpc) is 2.14. The van der Waals surface area contributed by atoms with Crippen LogP contribution in [-0.2, 0) is 4.79 Å². The van der Waals surface area contributed by atoms with E-state index in [4.69, 9.17) is 16.7 Å². The van der Waals surface area contributed by atoms with Gasteiger partial charge in [0.2, 0.25) is 5.24 Å². The van der Waals surface area contributed by atoms with Crippen LogP contribution in [0.5, 0.6) is 0 Å². The van der Waals surface area contributed by atoms with Crippen molar-refractivity contribution in [2.24, 2.45) is 0 Å². The topological polar surface area (TPSA) is 49.3 Å². The standard InChI is InChI=1S/C5H8ClNO2/c6-5(9)4-1-3(8)2-7-4/h3-4,7-8H,1-2H2/t3-,4-/m1/s1. The highest BCUT2D eigenvalue weighted by molar-refractivity contribution is 6.64. The Hall–Kier alpha value is -0.120. The highest BCUT2D eigenvalue weighted by Crippen LogP contribution is 2.08. The van der Waals surface area contributed by atoms with Crippen LogP contribution in [-0.4, -0.2) is 29.0 Å². The molecular weight excluding hydrogens is 142 g/mol. The van der Waals surface area contributed by atoms with Crippen LogP contribution in [0.3, 0.4) is 0 Å². The summed E-state index contributed by atoms with van der Waals surface area (Å²) >= 11 is 5.14. The SMILES string of the molecule is O=C(Cl)[C@H]1C[C@@H](O)CN1. The zero-order valence-electron chi connectivity index (χ0n) is 4.80. The first-order valence-electron chi connectivity index (χ1n) is 2.81. The molecule has 1 saturated heterocycles. The number of nitrogens with one attached hydrogen (secondary N) is 1. The lowest BCUT2D eigenvalue weighted by Crippen LogP contribution is -2.26. The normalized spacial score (nSPS) is 34.9. The second kappa shape index (κ2) is 2.64. The van der Waals surface area contributed by atoms with Gasteiger partial charge in [-0.3, -0.25) is 4.79 Å². The maximum Gasteiger partial charge on any atom is 0.238 e. The number of halogens is 1. The predicted molar refractivity (Wildman–Crippen MR) is 33.3 cm³/mol. The predicted octanol–water partition coefficient (Wildman–Crippen LogP) is -0.525. The van der Waals surface area contributed by atoms with Crippen LogP contribution in [0, 0.1) is 0 Å². The Morgan fingerprint density at radius 2 is 2.44 bits per heavy atom. The summed E-state index contributed by atoms with van der Waals surface area (Å²) < 4.78 is 0. The first-order chi connectivity index (χ1) is 4.20. The Morgan fingerprint density at radius 3 is 2.67 bits per heavy atom. The van der Waals surface area contributed by atoms with Gasteiger partial charge in [-0.25, -0.2) is 0 Å². The van der Waals surface area contributed by atoms with Crippen molar-refractivity contribution in [3.8, 4) is 0 Å². The zero-order valence-corrected chi connectivity index (χ0v) is 5.56. The summed E-state index contributed by atoms with van der Waals surface area (Å²) in [6.07, 6.45) is 0.0419. The average molecular weight is 150 g/mol. The zero-order chi connectivity index (χ0) is 6.85. The van der Waals surface area contributed by atoms with Crippen molar-refractivity contribution in [2.75, 3.05) is 6.54 Å². The molecule has 2 atom stereocenters. The number of hydrogen-bond donors (Lipinski definition) is 2. The number of β-amino-alcohol motifs (C(OH)–C–C–N with tert-alkyl or cyclic N) is 1. The quantitative estimate of drug-likeness (QED) is 0.493. The fraction of sp³-hybridized carbons (Fsp3) is 0.800. The molecule has 9 heavy (non-hydrogen) atoms.